The Labute approximate surface area is 251 Å². The molecule has 2 heterocycles. The maximum Gasteiger partial charge on any atom is 0.253 e. The molecule has 1 aliphatic carbocycles. The smallest absolute Gasteiger partial charge is 0.253 e. The van der Waals surface area contributed by atoms with Crippen LogP contribution in [0.5, 0.6) is 0 Å². The lowest BCUT2D eigenvalue weighted by Gasteiger charge is -2.34. The van der Waals surface area contributed by atoms with E-state index in [2.05, 4.69) is 26.9 Å². The van der Waals surface area contributed by atoms with Crippen molar-refractivity contribution in [3.63, 3.8) is 0 Å². The summed E-state index contributed by atoms with van der Waals surface area (Å²) in [5.74, 6) is 0.452. The highest BCUT2D eigenvalue weighted by molar-refractivity contribution is 5.95. The Kier molecular flexibility index (Phi) is 8.59. The highest BCUT2D eigenvalue weighted by Gasteiger charge is 2.45. The molecule has 0 radical (unpaired) electrons. The number of hydrogen-bond acceptors (Lipinski definition) is 8. The number of nitrogens with zero attached hydrogens (tertiary/aromatic N) is 5. The average molecular weight is 584 g/mol. The maximum atomic E-state index is 13.0. The quantitative estimate of drug-likeness (QED) is 0.385. The SMILES string of the molecule is CNC(=O)c1ccc2c(c1)CCc1cc(C(=O)N(C)C)ccc1C2(CCNCC(=O)N1CCCC1C#N)c1nnc(C)o1. The fourth-order valence-electron chi connectivity index (χ4n) is 6.37. The first-order valence-corrected chi connectivity index (χ1v) is 14.6. The molecule has 2 unspecified atom stereocenters. The number of fused-ring (bicyclic) bond motifs is 2. The van der Waals surface area contributed by atoms with Gasteiger partial charge in [-0.1, -0.05) is 12.1 Å². The summed E-state index contributed by atoms with van der Waals surface area (Å²) in [6, 6.07) is 13.3. The maximum absolute atomic E-state index is 13.0. The van der Waals surface area contributed by atoms with Crippen molar-refractivity contribution in [2.75, 3.05) is 40.8 Å². The standard InChI is InChI=1S/C32H37N7O4/c1-20-36-37-31(43-20)32(13-14-35-19-28(40)39-15-5-6-25(39)18-33)26-11-9-23(29(41)34-2)16-21(26)7-8-22-17-24(10-12-27(22)32)30(42)38(3)4/h9-12,16-17,25,35H,5-8,13-15,19H2,1-4H3,(H,34,41). The van der Waals surface area contributed by atoms with E-state index in [0.29, 0.717) is 61.7 Å². The molecule has 2 aliphatic rings. The van der Waals surface area contributed by atoms with Crippen molar-refractivity contribution >= 4 is 17.7 Å². The molecule has 1 saturated heterocycles. The number of carbonyl (C=O) groups is 3. The van der Waals surface area contributed by atoms with Crippen LogP contribution in [0.15, 0.2) is 40.8 Å². The number of rotatable bonds is 8. The molecule has 0 spiro atoms. The first-order valence-electron chi connectivity index (χ1n) is 14.6. The zero-order valence-corrected chi connectivity index (χ0v) is 25.1. The van der Waals surface area contributed by atoms with Crippen LogP contribution in [0.3, 0.4) is 0 Å². The Hall–Kier alpha value is -4.56. The first kappa shape index (κ1) is 29.9. The fraction of sp³-hybridized carbons (Fsp3) is 0.438. The Morgan fingerprint density at radius 2 is 1.77 bits per heavy atom. The highest BCUT2D eigenvalue weighted by Crippen LogP contribution is 2.47. The second-order valence-corrected chi connectivity index (χ2v) is 11.4. The van der Waals surface area contributed by atoms with Crippen LogP contribution in [0.2, 0.25) is 0 Å². The number of aromatic nitrogens is 2. The number of nitriles is 1. The molecule has 3 aromatic rings. The van der Waals surface area contributed by atoms with Gasteiger partial charge in [-0.3, -0.25) is 14.4 Å². The zero-order valence-electron chi connectivity index (χ0n) is 25.1. The van der Waals surface area contributed by atoms with Crippen LogP contribution in [0.25, 0.3) is 0 Å². The second-order valence-electron chi connectivity index (χ2n) is 11.4. The molecule has 1 fully saturated rings. The van der Waals surface area contributed by atoms with Crippen LogP contribution in [-0.2, 0) is 23.1 Å². The largest absolute Gasteiger partial charge is 0.424 e. The second kappa shape index (κ2) is 12.4. The summed E-state index contributed by atoms with van der Waals surface area (Å²) in [5, 5.41) is 24.1. The Morgan fingerprint density at radius 3 is 2.37 bits per heavy atom. The molecular weight excluding hydrogens is 546 g/mol. The molecule has 5 rings (SSSR count). The van der Waals surface area contributed by atoms with E-state index in [4.69, 9.17) is 4.42 Å². The lowest BCUT2D eigenvalue weighted by atomic mass is 9.69. The molecule has 2 aromatic carbocycles. The number of amides is 3. The summed E-state index contributed by atoms with van der Waals surface area (Å²) in [7, 11) is 5.06. The third-order valence-electron chi connectivity index (χ3n) is 8.50. The van der Waals surface area contributed by atoms with Crippen molar-refractivity contribution < 1.29 is 18.8 Å². The van der Waals surface area contributed by atoms with Gasteiger partial charge in [0.1, 0.15) is 11.5 Å². The monoisotopic (exact) mass is 583 g/mol. The summed E-state index contributed by atoms with van der Waals surface area (Å²) < 4.78 is 6.18. The molecule has 43 heavy (non-hydrogen) atoms. The van der Waals surface area contributed by atoms with Crippen LogP contribution in [-0.4, -0.2) is 84.5 Å². The number of carbonyl (C=O) groups excluding carboxylic acids is 3. The van der Waals surface area contributed by atoms with Gasteiger partial charge in [-0.15, -0.1) is 10.2 Å². The summed E-state index contributed by atoms with van der Waals surface area (Å²) >= 11 is 0. The number of benzene rings is 2. The predicted molar refractivity (Wildman–Crippen MR) is 158 cm³/mol. The van der Waals surface area contributed by atoms with Crippen LogP contribution in [0.4, 0.5) is 0 Å². The van der Waals surface area contributed by atoms with Gasteiger partial charge in [-0.2, -0.15) is 5.26 Å². The van der Waals surface area contributed by atoms with E-state index >= 15 is 0 Å². The zero-order chi connectivity index (χ0) is 30.7. The van der Waals surface area contributed by atoms with Gasteiger partial charge in [0, 0.05) is 45.7 Å². The summed E-state index contributed by atoms with van der Waals surface area (Å²) in [6.45, 7) is 2.86. The number of nitrogens with one attached hydrogen (secondary N) is 2. The van der Waals surface area contributed by atoms with Crippen molar-refractivity contribution in [2.24, 2.45) is 0 Å². The van der Waals surface area contributed by atoms with E-state index in [-0.39, 0.29) is 30.3 Å². The van der Waals surface area contributed by atoms with Gasteiger partial charge in [0.2, 0.25) is 17.7 Å². The topological polar surface area (TPSA) is 144 Å². The number of hydrogen-bond donors (Lipinski definition) is 2. The van der Waals surface area contributed by atoms with Crippen molar-refractivity contribution in [3.8, 4) is 6.07 Å². The van der Waals surface area contributed by atoms with Crippen molar-refractivity contribution in [3.05, 3.63) is 81.6 Å². The Bertz CT molecular complexity index is 1590. The summed E-state index contributed by atoms with van der Waals surface area (Å²) in [5.41, 5.74) is 4.04. The van der Waals surface area contributed by atoms with Crippen LogP contribution in [0.1, 0.15) is 74.0 Å². The van der Waals surface area contributed by atoms with E-state index in [1.807, 2.05) is 30.3 Å². The van der Waals surface area contributed by atoms with Gasteiger partial charge in [-0.25, -0.2) is 0 Å². The average Bonchev–Trinajstić information content (AvgIpc) is 3.66. The molecule has 0 bridgehead atoms. The lowest BCUT2D eigenvalue weighted by Crippen LogP contribution is -2.42. The van der Waals surface area contributed by atoms with Gasteiger partial charge >= 0.3 is 0 Å². The summed E-state index contributed by atoms with van der Waals surface area (Å²) in [6.07, 6.45) is 3.26. The first-order chi connectivity index (χ1) is 20.7. The third-order valence-corrected chi connectivity index (χ3v) is 8.50. The van der Waals surface area contributed by atoms with Crippen molar-refractivity contribution in [2.45, 2.75) is 50.5 Å². The van der Waals surface area contributed by atoms with Gasteiger partial charge in [-0.05, 0) is 85.2 Å². The van der Waals surface area contributed by atoms with Gasteiger partial charge in [0.05, 0.1) is 12.6 Å². The normalized spacial score (nSPS) is 19.1. The van der Waals surface area contributed by atoms with Crippen molar-refractivity contribution in [1.82, 2.24) is 30.6 Å². The van der Waals surface area contributed by atoms with Crippen LogP contribution < -0.4 is 10.6 Å². The summed E-state index contributed by atoms with van der Waals surface area (Å²) in [4.78, 5) is 41.7. The Balaban J connectivity index is 1.59. The van der Waals surface area contributed by atoms with E-state index in [0.717, 1.165) is 28.7 Å². The lowest BCUT2D eigenvalue weighted by molar-refractivity contribution is -0.130. The minimum Gasteiger partial charge on any atom is -0.424 e. The minimum absolute atomic E-state index is 0.0940. The number of aryl methyl sites for hydroxylation is 3. The molecule has 2 N–H and O–H groups in total. The minimum atomic E-state index is -0.914. The van der Waals surface area contributed by atoms with E-state index in [1.54, 1.807) is 43.9 Å². The fourth-order valence-corrected chi connectivity index (χ4v) is 6.37. The number of likely N-dealkylation sites (tertiary alicyclic amines) is 1. The molecule has 2 atom stereocenters. The molecule has 0 saturated carbocycles. The third kappa shape index (κ3) is 5.62. The molecule has 224 valence electrons. The molecule has 11 heteroatoms. The van der Waals surface area contributed by atoms with E-state index in [9.17, 15) is 19.6 Å². The van der Waals surface area contributed by atoms with Gasteiger partial charge in [0.15, 0.2) is 0 Å². The van der Waals surface area contributed by atoms with Crippen LogP contribution >= 0.6 is 0 Å². The molecule has 1 aromatic heterocycles. The van der Waals surface area contributed by atoms with Crippen LogP contribution in [0, 0.1) is 18.3 Å². The van der Waals surface area contributed by atoms with E-state index in [1.165, 1.54) is 0 Å². The predicted octanol–water partition coefficient (Wildman–Crippen LogP) is 2.37. The van der Waals surface area contributed by atoms with E-state index < -0.39 is 5.41 Å². The van der Waals surface area contributed by atoms with Crippen molar-refractivity contribution in [1.29, 1.82) is 5.26 Å². The Morgan fingerprint density at radius 1 is 1.09 bits per heavy atom. The molecular formula is C32H37N7O4. The van der Waals surface area contributed by atoms with Gasteiger partial charge < -0.3 is 24.9 Å². The highest BCUT2D eigenvalue weighted by atomic mass is 16.4. The molecule has 3 amide bonds. The van der Waals surface area contributed by atoms with Gasteiger partial charge in [0.25, 0.3) is 11.8 Å². The molecule has 1 aliphatic heterocycles. The molecule has 11 nitrogen and oxygen atoms in total.